The molecule has 0 bridgehead atoms. The smallest absolute Gasteiger partial charge is 0.170 e. The molecule has 0 saturated heterocycles. The number of Topliss-reactive ketones (excluding diaryl/α,β-unsaturated/α-hetero) is 1. The zero-order valence-electron chi connectivity index (χ0n) is 11.0. The Bertz CT molecular complexity index is 572. The van der Waals surface area contributed by atoms with Crippen LogP contribution < -0.4 is 0 Å². The number of carbonyl (C=O) groups is 1. The fourth-order valence-corrected chi connectivity index (χ4v) is 1.93. The van der Waals surface area contributed by atoms with Crippen LogP contribution in [0.25, 0.3) is 0 Å². The number of hydrogen-bond acceptors (Lipinski definition) is 3. The van der Waals surface area contributed by atoms with Crippen molar-refractivity contribution in [1.82, 2.24) is 14.8 Å². The Labute approximate surface area is 107 Å². The second kappa shape index (κ2) is 5.12. The lowest BCUT2D eigenvalue weighted by Gasteiger charge is -2.04. The summed E-state index contributed by atoms with van der Waals surface area (Å²) < 4.78 is 1.78. The first-order valence-electron chi connectivity index (χ1n) is 6.07. The topological polar surface area (TPSA) is 47.8 Å². The van der Waals surface area contributed by atoms with Crippen LogP contribution in [-0.4, -0.2) is 20.5 Å². The average Bonchev–Trinajstić information content (AvgIpc) is 2.70. The van der Waals surface area contributed by atoms with Crippen LogP contribution in [0.5, 0.6) is 0 Å². The number of rotatable bonds is 4. The van der Waals surface area contributed by atoms with E-state index in [1.54, 1.807) is 17.1 Å². The van der Waals surface area contributed by atoms with Crippen molar-refractivity contribution in [2.45, 2.75) is 26.7 Å². The van der Waals surface area contributed by atoms with E-state index in [1.165, 1.54) is 0 Å². The van der Waals surface area contributed by atoms with Crippen LogP contribution in [0.1, 0.15) is 34.2 Å². The largest absolute Gasteiger partial charge is 0.294 e. The molecule has 18 heavy (non-hydrogen) atoms. The predicted molar refractivity (Wildman–Crippen MR) is 69.6 cm³/mol. The third kappa shape index (κ3) is 2.47. The fourth-order valence-electron chi connectivity index (χ4n) is 1.93. The lowest BCUT2D eigenvalue weighted by molar-refractivity contribution is 0.0990. The van der Waals surface area contributed by atoms with Crippen LogP contribution in [0, 0.1) is 6.92 Å². The number of ketones is 1. The van der Waals surface area contributed by atoms with Crippen molar-refractivity contribution >= 4 is 5.78 Å². The molecule has 2 rings (SSSR count). The third-order valence-electron chi connectivity index (χ3n) is 3.07. The molecule has 0 unspecified atom stereocenters. The molecular formula is C14H17N3O. The average molecular weight is 243 g/mol. The van der Waals surface area contributed by atoms with Gasteiger partial charge >= 0.3 is 0 Å². The van der Waals surface area contributed by atoms with Gasteiger partial charge in [0.05, 0.1) is 12.1 Å². The molecule has 0 radical (unpaired) electrons. The number of hydrogen-bond donors (Lipinski definition) is 0. The summed E-state index contributed by atoms with van der Waals surface area (Å²) in [5, 5.41) is 4.35. The van der Waals surface area contributed by atoms with Gasteiger partial charge in [0, 0.05) is 30.7 Å². The second-order valence-corrected chi connectivity index (χ2v) is 4.39. The van der Waals surface area contributed by atoms with Crippen LogP contribution in [0.15, 0.2) is 24.5 Å². The van der Waals surface area contributed by atoms with Crippen molar-refractivity contribution in [3.05, 3.63) is 47.0 Å². The van der Waals surface area contributed by atoms with Gasteiger partial charge < -0.3 is 0 Å². The Morgan fingerprint density at radius 2 is 2.22 bits per heavy atom. The van der Waals surface area contributed by atoms with Crippen molar-refractivity contribution in [2.24, 2.45) is 7.05 Å². The summed E-state index contributed by atoms with van der Waals surface area (Å²) >= 11 is 0. The molecule has 2 heterocycles. The minimum Gasteiger partial charge on any atom is -0.294 e. The van der Waals surface area contributed by atoms with Gasteiger partial charge in [-0.05, 0) is 31.0 Å². The highest BCUT2D eigenvalue weighted by Crippen LogP contribution is 2.11. The predicted octanol–water partition coefficient (Wildman–Crippen LogP) is 2.11. The van der Waals surface area contributed by atoms with Gasteiger partial charge in [-0.2, -0.15) is 5.10 Å². The van der Waals surface area contributed by atoms with Gasteiger partial charge in [-0.3, -0.25) is 14.5 Å². The molecule has 0 aromatic carbocycles. The Hall–Kier alpha value is -1.97. The standard InChI is InChI=1S/C14H17N3O/c1-4-11-7-12(17(3)16-11)8-14(18)13-9-15-6-5-10(13)2/h5-7,9H,4,8H2,1-3H3. The van der Waals surface area contributed by atoms with E-state index in [2.05, 4.69) is 17.0 Å². The molecule has 4 heteroatoms. The first kappa shape index (κ1) is 12.5. The molecule has 0 N–H and O–H groups in total. The maximum Gasteiger partial charge on any atom is 0.170 e. The van der Waals surface area contributed by atoms with Gasteiger partial charge in [-0.25, -0.2) is 0 Å². The summed E-state index contributed by atoms with van der Waals surface area (Å²) in [5.41, 5.74) is 3.62. The monoisotopic (exact) mass is 243 g/mol. The maximum absolute atomic E-state index is 12.2. The summed E-state index contributed by atoms with van der Waals surface area (Å²) in [4.78, 5) is 16.2. The Morgan fingerprint density at radius 3 is 2.83 bits per heavy atom. The molecule has 0 amide bonds. The highest BCUT2D eigenvalue weighted by Gasteiger charge is 2.13. The van der Waals surface area contributed by atoms with E-state index in [0.717, 1.165) is 23.4 Å². The molecule has 94 valence electrons. The van der Waals surface area contributed by atoms with Gasteiger partial charge in [0.15, 0.2) is 5.78 Å². The minimum atomic E-state index is 0.0891. The second-order valence-electron chi connectivity index (χ2n) is 4.39. The van der Waals surface area contributed by atoms with Crippen molar-refractivity contribution in [2.75, 3.05) is 0 Å². The van der Waals surface area contributed by atoms with Crippen molar-refractivity contribution in [1.29, 1.82) is 0 Å². The van der Waals surface area contributed by atoms with Crippen LogP contribution in [0.2, 0.25) is 0 Å². The quantitative estimate of drug-likeness (QED) is 0.773. The van der Waals surface area contributed by atoms with Gasteiger partial charge in [-0.1, -0.05) is 6.92 Å². The van der Waals surface area contributed by atoms with E-state index in [0.29, 0.717) is 12.0 Å². The molecule has 0 atom stereocenters. The zero-order chi connectivity index (χ0) is 13.1. The van der Waals surface area contributed by atoms with E-state index < -0.39 is 0 Å². The van der Waals surface area contributed by atoms with E-state index in [9.17, 15) is 4.79 Å². The van der Waals surface area contributed by atoms with Gasteiger partial charge in [-0.15, -0.1) is 0 Å². The maximum atomic E-state index is 12.2. The molecule has 0 aliphatic rings. The molecule has 0 spiro atoms. The molecule has 2 aromatic heterocycles. The highest BCUT2D eigenvalue weighted by molar-refractivity contribution is 5.98. The first-order chi connectivity index (χ1) is 8.61. The lowest BCUT2D eigenvalue weighted by Crippen LogP contribution is -2.09. The van der Waals surface area contributed by atoms with Crippen molar-refractivity contribution < 1.29 is 4.79 Å². The van der Waals surface area contributed by atoms with E-state index in [4.69, 9.17) is 0 Å². The Kier molecular flexibility index (Phi) is 3.55. The summed E-state index contributed by atoms with van der Waals surface area (Å²) in [5.74, 6) is 0.0891. The summed E-state index contributed by atoms with van der Waals surface area (Å²) in [6.45, 7) is 3.98. The van der Waals surface area contributed by atoms with E-state index in [1.807, 2.05) is 26.1 Å². The fraction of sp³-hybridized carbons (Fsp3) is 0.357. The summed E-state index contributed by atoms with van der Waals surface area (Å²) in [7, 11) is 1.87. The molecule has 0 aliphatic carbocycles. The van der Waals surface area contributed by atoms with Crippen molar-refractivity contribution in [3.63, 3.8) is 0 Å². The molecule has 2 aromatic rings. The number of pyridine rings is 1. The van der Waals surface area contributed by atoms with E-state index >= 15 is 0 Å². The van der Waals surface area contributed by atoms with Crippen LogP contribution in [-0.2, 0) is 19.9 Å². The molecule has 0 saturated carbocycles. The van der Waals surface area contributed by atoms with Gasteiger partial charge in [0.2, 0.25) is 0 Å². The van der Waals surface area contributed by atoms with E-state index in [-0.39, 0.29) is 5.78 Å². The number of carbonyl (C=O) groups excluding carboxylic acids is 1. The molecule has 4 nitrogen and oxygen atoms in total. The molecular weight excluding hydrogens is 226 g/mol. The SMILES string of the molecule is CCc1cc(CC(=O)c2cnccc2C)n(C)n1. The Morgan fingerprint density at radius 1 is 1.44 bits per heavy atom. The van der Waals surface area contributed by atoms with Gasteiger partial charge in [0.25, 0.3) is 0 Å². The van der Waals surface area contributed by atoms with Gasteiger partial charge in [0.1, 0.15) is 0 Å². The van der Waals surface area contributed by atoms with Crippen LogP contribution in [0.4, 0.5) is 0 Å². The zero-order valence-corrected chi connectivity index (χ0v) is 11.0. The Balaban J connectivity index is 2.21. The molecule has 0 aliphatic heterocycles. The third-order valence-corrected chi connectivity index (χ3v) is 3.07. The number of nitrogens with zero attached hydrogens (tertiary/aromatic N) is 3. The summed E-state index contributed by atoms with van der Waals surface area (Å²) in [6.07, 6.45) is 4.59. The number of aryl methyl sites for hydroxylation is 3. The minimum absolute atomic E-state index is 0.0891. The molecule has 0 fully saturated rings. The first-order valence-corrected chi connectivity index (χ1v) is 6.07. The van der Waals surface area contributed by atoms with Crippen molar-refractivity contribution in [3.8, 4) is 0 Å². The highest BCUT2D eigenvalue weighted by atomic mass is 16.1. The summed E-state index contributed by atoms with van der Waals surface area (Å²) in [6, 6.07) is 3.84. The normalized spacial score (nSPS) is 10.6. The number of aromatic nitrogens is 3. The van der Waals surface area contributed by atoms with Crippen LogP contribution >= 0.6 is 0 Å². The lowest BCUT2D eigenvalue weighted by atomic mass is 10.0. The van der Waals surface area contributed by atoms with Crippen LogP contribution in [0.3, 0.4) is 0 Å².